The average Bonchev–Trinajstić information content (AvgIpc) is 2.76. The van der Waals surface area contributed by atoms with Crippen LogP contribution < -0.4 is 5.32 Å². The van der Waals surface area contributed by atoms with Gasteiger partial charge in [-0.25, -0.2) is 0 Å². The maximum absolute atomic E-state index is 6.35. The molecule has 1 atom stereocenters. The van der Waals surface area contributed by atoms with Gasteiger partial charge in [-0.05, 0) is 43.7 Å². The van der Waals surface area contributed by atoms with E-state index in [0.29, 0.717) is 5.02 Å². The zero-order valence-corrected chi connectivity index (χ0v) is 14.3. The molecule has 1 aromatic heterocycles. The average molecular weight is 357 g/mol. The molecule has 0 amide bonds. The van der Waals surface area contributed by atoms with Gasteiger partial charge in [-0.1, -0.05) is 40.5 Å². The van der Waals surface area contributed by atoms with Gasteiger partial charge in [0.25, 0.3) is 0 Å². The second-order valence-corrected chi connectivity index (χ2v) is 6.07. The molecular weight excluding hydrogens is 338 g/mol. The monoisotopic (exact) mass is 355 g/mol. The van der Waals surface area contributed by atoms with Crippen molar-refractivity contribution >= 4 is 27.5 Å². The van der Waals surface area contributed by atoms with E-state index in [9.17, 15) is 0 Å². The number of aryl methyl sites for hydroxylation is 2. The van der Waals surface area contributed by atoms with Crippen LogP contribution >= 0.6 is 27.5 Å². The normalized spacial score (nSPS) is 12.7. The molecule has 0 saturated heterocycles. The molecule has 2 rings (SSSR count). The molecule has 0 aliphatic carbocycles. The summed E-state index contributed by atoms with van der Waals surface area (Å²) in [5.41, 5.74) is 3.43. The topological polar surface area (TPSA) is 29.9 Å². The van der Waals surface area contributed by atoms with Crippen molar-refractivity contribution in [2.24, 2.45) is 0 Å². The third-order valence-corrected chi connectivity index (χ3v) is 3.96. The quantitative estimate of drug-likeness (QED) is 0.864. The fraction of sp³-hybridized carbons (Fsp3) is 0.400. The van der Waals surface area contributed by atoms with Gasteiger partial charge in [0.2, 0.25) is 0 Å². The molecule has 108 valence electrons. The van der Waals surface area contributed by atoms with Gasteiger partial charge in [0.1, 0.15) is 0 Å². The predicted molar refractivity (Wildman–Crippen MR) is 87.3 cm³/mol. The molecule has 0 fully saturated rings. The van der Waals surface area contributed by atoms with Gasteiger partial charge in [-0.3, -0.25) is 4.68 Å². The number of rotatable bonds is 5. The molecule has 20 heavy (non-hydrogen) atoms. The number of aromatic nitrogens is 2. The first-order valence-electron chi connectivity index (χ1n) is 6.78. The van der Waals surface area contributed by atoms with Crippen molar-refractivity contribution in [2.45, 2.75) is 33.4 Å². The van der Waals surface area contributed by atoms with Crippen LogP contribution in [0.3, 0.4) is 0 Å². The van der Waals surface area contributed by atoms with E-state index in [0.717, 1.165) is 23.3 Å². The Morgan fingerprint density at radius 1 is 1.35 bits per heavy atom. The third-order valence-electron chi connectivity index (χ3n) is 3.21. The summed E-state index contributed by atoms with van der Waals surface area (Å²) in [5.74, 6) is 0. The number of hydrogen-bond acceptors (Lipinski definition) is 2. The van der Waals surface area contributed by atoms with Gasteiger partial charge in [-0.2, -0.15) is 5.10 Å². The molecule has 0 spiro atoms. The minimum Gasteiger partial charge on any atom is -0.305 e. The van der Waals surface area contributed by atoms with E-state index in [2.05, 4.69) is 65.3 Å². The van der Waals surface area contributed by atoms with Gasteiger partial charge >= 0.3 is 0 Å². The van der Waals surface area contributed by atoms with Crippen LogP contribution in [0.5, 0.6) is 0 Å². The Balaban J connectivity index is 2.52. The van der Waals surface area contributed by atoms with Crippen molar-refractivity contribution in [2.75, 3.05) is 6.54 Å². The highest BCUT2D eigenvalue weighted by atomic mass is 79.9. The smallest absolute Gasteiger partial charge is 0.0837 e. The summed E-state index contributed by atoms with van der Waals surface area (Å²) in [4.78, 5) is 0. The Morgan fingerprint density at radius 3 is 2.70 bits per heavy atom. The highest BCUT2D eigenvalue weighted by Crippen LogP contribution is 2.30. The molecule has 5 heteroatoms. The van der Waals surface area contributed by atoms with Crippen LogP contribution in [0, 0.1) is 6.92 Å². The molecule has 2 aromatic rings. The molecule has 1 N–H and O–H groups in total. The molecule has 0 saturated carbocycles. The van der Waals surface area contributed by atoms with Crippen LogP contribution in [0.25, 0.3) is 0 Å². The minimum atomic E-state index is 0.0474. The molecule has 0 aliphatic heterocycles. The predicted octanol–water partition coefficient (Wildman–Crippen LogP) is 4.33. The van der Waals surface area contributed by atoms with Crippen LogP contribution in [0.2, 0.25) is 5.02 Å². The van der Waals surface area contributed by atoms with E-state index >= 15 is 0 Å². The van der Waals surface area contributed by atoms with Gasteiger partial charge in [0.05, 0.1) is 23.0 Å². The van der Waals surface area contributed by atoms with Crippen molar-refractivity contribution in [3.8, 4) is 0 Å². The van der Waals surface area contributed by atoms with Crippen LogP contribution in [0.1, 0.15) is 36.7 Å². The van der Waals surface area contributed by atoms with E-state index < -0.39 is 0 Å². The maximum atomic E-state index is 6.35. The second kappa shape index (κ2) is 6.74. The minimum absolute atomic E-state index is 0.0474. The number of hydrogen-bond donors (Lipinski definition) is 1. The lowest BCUT2D eigenvalue weighted by Crippen LogP contribution is -2.25. The highest BCUT2D eigenvalue weighted by Gasteiger charge is 2.21. The van der Waals surface area contributed by atoms with Crippen molar-refractivity contribution in [3.05, 3.63) is 50.7 Å². The number of nitrogens with one attached hydrogen (secondary N) is 1. The molecule has 1 unspecified atom stereocenters. The summed E-state index contributed by atoms with van der Waals surface area (Å²) < 4.78 is 3.03. The summed E-state index contributed by atoms with van der Waals surface area (Å²) in [7, 11) is 0. The standard InChI is InChI=1S/C15H19BrClN3/c1-4-18-14(11-6-10(3)7-12(16)8-11)15-13(17)9-19-20(15)5-2/h6-9,14,18H,4-5H2,1-3H3. The van der Waals surface area contributed by atoms with Crippen LogP contribution in [0.15, 0.2) is 28.9 Å². The number of halogens is 2. The SMILES string of the molecule is CCNC(c1cc(C)cc(Br)c1)c1c(Cl)cnn1CC. The van der Waals surface area contributed by atoms with Crippen molar-refractivity contribution in [1.29, 1.82) is 0 Å². The summed E-state index contributed by atoms with van der Waals surface area (Å²) in [5, 5.41) is 8.55. The zero-order valence-electron chi connectivity index (χ0n) is 12.0. The van der Waals surface area contributed by atoms with Crippen LogP contribution in [-0.2, 0) is 6.54 Å². The number of benzene rings is 1. The lowest BCUT2D eigenvalue weighted by Gasteiger charge is -2.21. The Bertz CT molecular complexity index is 575. The van der Waals surface area contributed by atoms with Crippen molar-refractivity contribution in [3.63, 3.8) is 0 Å². The molecule has 1 heterocycles. The summed E-state index contributed by atoms with van der Waals surface area (Å²) in [6.07, 6.45) is 1.72. The first kappa shape index (κ1) is 15.5. The van der Waals surface area contributed by atoms with Gasteiger partial charge in [0, 0.05) is 11.0 Å². The van der Waals surface area contributed by atoms with Gasteiger partial charge in [-0.15, -0.1) is 0 Å². The summed E-state index contributed by atoms with van der Waals surface area (Å²) in [6, 6.07) is 6.46. The van der Waals surface area contributed by atoms with E-state index in [-0.39, 0.29) is 6.04 Å². The first-order valence-corrected chi connectivity index (χ1v) is 7.95. The Hall–Kier alpha value is -0.840. The van der Waals surface area contributed by atoms with Crippen molar-refractivity contribution < 1.29 is 0 Å². The van der Waals surface area contributed by atoms with Crippen LogP contribution in [-0.4, -0.2) is 16.3 Å². The van der Waals surface area contributed by atoms with E-state index in [1.807, 2.05) is 4.68 Å². The van der Waals surface area contributed by atoms with E-state index in [1.54, 1.807) is 6.20 Å². The molecule has 1 aromatic carbocycles. The Labute approximate surface area is 133 Å². The summed E-state index contributed by atoms with van der Waals surface area (Å²) in [6.45, 7) is 7.93. The van der Waals surface area contributed by atoms with Crippen LogP contribution in [0.4, 0.5) is 0 Å². The second-order valence-electron chi connectivity index (χ2n) is 4.75. The lowest BCUT2D eigenvalue weighted by atomic mass is 10.0. The summed E-state index contributed by atoms with van der Waals surface area (Å²) >= 11 is 9.92. The fourth-order valence-corrected chi connectivity index (χ4v) is 3.29. The first-order chi connectivity index (χ1) is 9.56. The molecular formula is C15H19BrClN3. The lowest BCUT2D eigenvalue weighted by molar-refractivity contribution is 0.542. The van der Waals surface area contributed by atoms with E-state index in [1.165, 1.54) is 11.1 Å². The van der Waals surface area contributed by atoms with E-state index in [4.69, 9.17) is 11.6 Å². The zero-order chi connectivity index (χ0) is 14.7. The molecule has 0 bridgehead atoms. The van der Waals surface area contributed by atoms with Gasteiger partial charge < -0.3 is 5.32 Å². The fourth-order valence-electron chi connectivity index (χ4n) is 2.42. The maximum Gasteiger partial charge on any atom is 0.0837 e. The number of nitrogens with zero attached hydrogens (tertiary/aromatic N) is 2. The third kappa shape index (κ3) is 3.25. The highest BCUT2D eigenvalue weighted by molar-refractivity contribution is 9.10. The Kier molecular flexibility index (Phi) is 5.24. The molecule has 0 radical (unpaired) electrons. The Morgan fingerprint density at radius 2 is 2.10 bits per heavy atom. The molecule has 0 aliphatic rings. The van der Waals surface area contributed by atoms with Crippen molar-refractivity contribution in [1.82, 2.24) is 15.1 Å². The largest absolute Gasteiger partial charge is 0.305 e. The molecule has 3 nitrogen and oxygen atoms in total. The van der Waals surface area contributed by atoms with Gasteiger partial charge in [0.15, 0.2) is 0 Å².